The summed E-state index contributed by atoms with van der Waals surface area (Å²) in [6.45, 7) is 3.85. The summed E-state index contributed by atoms with van der Waals surface area (Å²) in [6.07, 6.45) is 1.52. The van der Waals surface area contributed by atoms with E-state index >= 15 is 0 Å². The van der Waals surface area contributed by atoms with E-state index in [-0.39, 0.29) is 0 Å². The predicted molar refractivity (Wildman–Crippen MR) is 32.9 cm³/mol. The number of carbonyl (C=O) groups excluding carboxylic acids is 1. The van der Waals surface area contributed by atoms with Crippen LogP contribution in [0.15, 0.2) is 4.99 Å². The van der Waals surface area contributed by atoms with Gasteiger partial charge in [-0.2, -0.15) is 0 Å². The predicted octanol–water partition coefficient (Wildman–Crippen LogP) is 0.792. The second-order valence-electron chi connectivity index (χ2n) is 1.86. The molecule has 0 aromatic carbocycles. The van der Waals surface area contributed by atoms with Gasteiger partial charge in [0.25, 0.3) is 0 Å². The van der Waals surface area contributed by atoms with E-state index in [1.807, 2.05) is 13.8 Å². The summed E-state index contributed by atoms with van der Waals surface area (Å²) in [4.78, 5) is 13.3. The monoisotopic (exact) mass is 114 g/mol. The highest BCUT2D eigenvalue weighted by molar-refractivity contribution is 5.82. The summed E-state index contributed by atoms with van der Waals surface area (Å²) in [5, 5.41) is 0. The number of hydrogen-bond acceptors (Lipinski definition) is 1. The third-order valence-electron chi connectivity index (χ3n) is 0.500. The van der Waals surface area contributed by atoms with Gasteiger partial charge in [0.1, 0.15) is 0 Å². The highest BCUT2D eigenvalue weighted by Gasteiger charge is 1.85. The van der Waals surface area contributed by atoms with E-state index in [0.29, 0.717) is 5.92 Å². The van der Waals surface area contributed by atoms with Crippen LogP contribution in [0, 0.1) is 5.92 Å². The fourth-order valence-electron chi connectivity index (χ4n) is 0.223. The SMILES string of the molecule is CC(C)C=NC(N)=O. The Hall–Kier alpha value is -0.860. The molecule has 0 aromatic rings. The van der Waals surface area contributed by atoms with Gasteiger partial charge in [0, 0.05) is 6.21 Å². The fraction of sp³-hybridized carbons (Fsp3) is 0.600. The van der Waals surface area contributed by atoms with Gasteiger partial charge in [-0.1, -0.05) is 13.8 Å². The zero-order valence-electron chi connectivity index (χ0n) is 5.09. The molecule has 2 amide bonds. The van der Waals surface area contributed by atoms with E-state index in [0.717, 1.165) is 0 Å². The van der Waals surface area contributed by atoms with E-state index < -0.39 is 6.03 Å². The second-order valence-corrected chi connectivity index (χ2v) is 1.86. The minimum Gasteiger partial charge on any atom is -0.350 e. The van der Waals surface area contributed by atoms with Crippen LogP contribution in [0.25, 0.3) is 0 Å². The van der Waals surface area contributed by atoms with E-state index in [9.17, 15) is 4.79 Å². The largest absolute Gasteiger partial charge is 0.350 e. The lowest BCUT2D eigenvalue weighted by molar-refractivity contribution is 0.256. The van der Waals surface area contributed by atoms with Crippen molar-refractivity contribution in [3.8, 4) is 0 Å². The third kappa shape index (κ3) is 5.14. The van der Waals surface area contributed by atoms with Gasteiger partial charge in [-0.25, -0.2) is 9.79 Å². The van der Waals surface area contributed by atoms with Gasteiger partial charge in [0.15, 0.2) is 0 Å². The number of hydrogen-bond donors (Lipinski definition) is 1. The highest BCUT2D eigenvalue weighted by atomic mass is 16.2. The fourth-order valence-corrected chi connectivity index (χ4v) is 0.223. The average molecular weight is 114 g/mol. The molecule has 0 atom stereocenters. The Morgan fingerprint density at radius 1 is 1.75 bits per heavy atom. The first-order valence-electron chi connectivity index (χ1n) is 2.46. The zero-order chi connectivity index (χ0) is 6.57. The molecule has 0 bridgehead atoms. The first kappa shape index (κ1) is 7.14. The van der Waals surface area contributed by atoms with Crippen LogP contribution in [0.4, 0.5) is 4.79 Å². The second kappa shape index (κ2) is 3.18. The van der Waals surface area contributed by atoms with Gasteiger partial charge >= 0.3 is 6.03 Å². The van der Waals surface area contributed by atoms with Crippen molar-refractivity contribution in [3.63, 3.8) is 0 Å². The summed E-state index contributed by atoms with van der Waals surface area (Å²) in [5.41, 5.74) is 4.70. The molecule has 0 fully saturated rings. The quantitative estimate of drug-likeness (QED) is 0.503. The maximum absolute atomic E-state index is 9.93. The van der Waals surface area contributed by atoms with Gasteiger partial charge in [-0.3, -0.25) is 0 Å². The van der Waals surface area contributed by atoms with Crippen molar-refractivity contribution >= 4 is 12.2 Å². The molecule has 8 heavy (non-hydrogen) atoms. The van der Waals surface area contributed by atoms with Crippen LogP contribution in [0.1, 0.15) is 13.8 Å². The third-order valence-corrected chi connectivity index (χ3v) is 0.500. The van der Waals surface area contributed by atoms with Gasteiger partial charge < -0.3 is 5.73 Å². The van der Waals surface area contributed by atoms with Crippen molar-refractivity contribution in [2.75, 3.05) is 0 Å². The molecule has 0 aliphatic carbocycles. The molecule has 0 rings (SSSR count). The molecule has 2 N–H and O–H groups in total. The Balaban J connectivity index is 3.50. The van der Waals surface area contributed by atoms with Gasteiger partial charge in [0.05, 0.1) is 0 Å². The summed E-state index contributed by atoms with van der Waals surface area (Å²) < 4.78 is 0. The molecule has 0 unspecified atom stereocenters. The molecule has 0 saturated heterocycles. The zero-order valence-corrected chi connectivity index (χ0v) is 5.09. The summed E-state index contributed by atoms with van der Waals surface area (Å²) in [7, 11) is 0. The summed E-state index contributed by atoms with van der Waals surface area (Å²) in [5.74, 6) is 0.294. The average Bonchev–Trinajstić information content (AvgIpc) is 1.61. The molecule has 3 nitrogen and oxygen atoms in total. The van der Waals surface area contributed by atoms with Crippen LogP contribution in [-0.4, -0.2) is 12.2 Å². The van der Waals surface area contributed by atoms with E-state index in [1.165, 1.54) is 6.21 Å². The normalized spacial score (nSPS) is 10.9. The van der Waals surface area contributed by atoms with Crippen molar-refractivity contribution in [3.05, 3.63) is 0 Å². The number of rotatable bonds is 1. The van der Waals surface area contributed by atoms with Gasteiger partial charge in [0.2, 0.25) is 0 Å². The van der Waals surface area contributed by atoms with Crippen LogP contribution in [0.5, 0.6) is 0 Å². The number of aliphatic imine (C=N–C) groups is 1. The molecule has 0 heterocycles. The molecule has 0 aliphatic rings. The highest BCUT2D eigenvalue weighted by Crippen LogP contribution is 1.83. The first-order valence-corrected chi connectivity index (χ1v) is 2.46. The maximum atomic E-state index is 9.93. The lowest BCUT2D eigenvalue weighted by Gasteiger charge is -1.87. The van der Waals surface area contributed by atoms with Crippen LogP contribution in [-0.2, 0) is 0 Å². The molecule has 0 aromatic heterocycles. The van der Waals surface area contributed by atoms with E-state index in [1.54, 1.807) is 0 Å². The summed E-state index contributed by atoms with van der Waals surface area (Å²) >= 11 is 0. The lowest BCUT2D eigenvalue weighted by atomic mass is 10.3. The molecule has 0 radical (unpaired) electrons. The molecule has 0 saturated carbocycles. The molecule has 0 aliphatic heterocycles. The van der Waals surface area contributed by atoms with Crippen molar-refractivity contribution < 1.29 is 4.79 Å². The Labute approximate surface area is 48.6 Å². The number of amides is 2. The van der Waals surface area contributed by atoms with Crippen LogP contribution < -0.4 is 5.73 Å². The Kier molecular flexibility index (Phi) is 2.84. The van der Waals surface area contributed by atoms with Gasteiger partial charge in [-0.15, -0.1) is 0 Å². The minimum atomic E-state index is -0.626. The Bertz CT molecular complexity index is 107. The maximum Gasteiger partial charge on any atom is 0.337 e. The molecular formula is C5H10N2O. The van der Waals surface area contributed by atoms with Crippen LogP contribution in [0.3, 0.4) is 0 Å². The number of carbonyl (C=O) groups is 1. The lowest BCUT2D eigenvalue weighted by Crippen LogP contribution is -2.05. The standard InChI is InChI=1S/C5H10N2O/c1-4(2)3-7-5(6)8/h3-4H,1-2H3,(H2,6,8). The molecule has 46 valence electrons. The van der Waals surface area contributed by atoms with Gasteiger partial charge in [-0.05, 0) is 5.92 Å². The minimum absolute atomic E-state index is 0.294. The number of nitrogens with two attached hydrogens (primary N) is 1. The molecule has 3 heteroatoms. The topological polar surface area (TPSA) is 55.4 Å². The summed E-state index contributed by atoms with van der Waals surface area (Å²) in [6, 6.07) is -0.626. The number of nitrogens with zero attached hydrogens (tertiary/aromatic N) is 1. The number of primary amides is 1. The first-order chi connectivity index (χ1) is 3.63. The van der Waals surface area contributed by atoms with Crippen molar-refractivity contribution in [2.24, 2.45) is 16.6 Å². The van der Waals surface area contributed by atoms with E-state index in [4.69, 9.17) is 5.73 Å². The van der Waals surface area contributed by atoms with Crippen molar-refractivity contribution in [1.29, 1.82) is 0 Å². The smallest absolute Gasteiger partial charge is 0.337 e. The number of urea groups is 1. The van der Waals surface area contributed by atoms with Crippen molar-refractivity contribution in [2.45, 2.75) is 13.8 Å². The van der Waals surface area contributed by atoms with Crippen molar-refractivity contribution in [1.82, 2.24) is 0 Å². The van der Waals surface area contributed by atoms with Crippen LogP contribution in [0.2, 0.25) is 0 Å². The molecule has 0 spiro atoms. The molecular weight excluding hydrogens is 104 g/mol. The Morgan fingerprint density at radius 3 is 2.38 bits per heavy atom. The van der Waals surface area contributed by atoms with Crippen LogP contribution >= 0.6 is 0 Å². The van der Waals surface area contributed by atoms with E-state index in [2.05, 4.69) is 4.99 Å². The Morgan fingerprint density at radius 2 is 2.25 bits per heavy atom.